The molecule has 0 aliphatic carbocycles. The topological polar surface area (TPSA) is 76.8 Å². The van der Waals surface area contributed by atoms with Gasteiger partial charge < -0.3 is 9.30 Å². The van der Waals surface area contributed by atoms with E-state index in [1.807, 2.05) is 36.4 Å². The van der Waals surface area contributed by atoms with Gasteiger partial charge in [-0.1, -0.05) is 40.2 Å². The Morgan fingerprint density at radius 1 is 1.00 bits per heavy atom. The number of pyridine rings is 1. The number of aryl methyl sites for hydroxylation is 1. The largest absolute Gasteiger partial charge is 0.379 e. The van der Waals surface area contributed by atoms with Crippen LogP contribution in [0.1, 0.15) is 5.69 Å². The van der Waals surface area contributed by atoms with Crippen LogP contribution in [0.15, 0.2) is 92.7 Å². The molecule has 186 valence electrons. The molecule has 0 amide bonds. The van der Waals surface area contributed by atoms with Crippen molar-refractivity contribution in [1.82, 2.24) is 13.9 Å². The van der Waals surface area contributed by atoms with Gasteiger partial charge in [-0.15, -0.1) is 11.3 Å². The number of ether oxygens (including phenoxy) is 1. The van der Waals surface area contributed by atoms with Gasteiger partial charge in [-0.05, 0) is 42.5 Å². The van der Waals surface area contributed by atoms with Crippen molar-refractivity contribution >= 4 is 43.0 Å². The normalized spacial score (nSPS) is 15.3. The summed E-state index contributed by atoms with van der Waals surface area (Å²) < 4.78 is 35.9. The molecule has 0 bridgehead atoms. The third-order valence-corrected chi connectivity index (χ3v) is 9.40. The number of nitrogens with zero attached hydrogens (tertiary/aromatic N) is 4. The number of hydrogen-bond donors (Lipinski definition) is 0. The molecule has 0 spiro atoms. The monoisotopic (exact) mass is 584 g/mol. The van der Waals surface area contributed by atoms with E-state index >= 15 is 0 Å². The van der Waals surface area contributed by atoms with Crippen molar-refractivity contribution in [2.45, 2.75) is 17.9 Å². The maximum atomic E-state index is 13.0. The molecule has 36 heavy (non-hydrogen) atoms. The summed E-state index contributed by atoms with van der Waals surface area (Å²) in [5, 5.41) is 2.11. The van der Waals surface area contributed by atoms with Gasteiger partial charge >= 0.3 is 0 Å². The minimum atomic E-state index is -3.54. The molecule has 0 radical (unpaired) electrons. The number of morpholine rings is 1. The lowest BCUT2D eigenvalue weighted by molar-refractivity contribution is 0.0730. The quantitative estimate of drug-likeness (QED) is 0.310. The van der Waals surface area contributed by atoms with E-state index in [0.717, 1.165) is 32.6 Å². The Kier molecular flexibility index (Phi) is 7.78. The zero-order chi connectivity index (χ0) is 25.0. The Hall–Kier alpha value is -2.63. The van der Waals surface area contributed by atoms with Gasteiger partial charge in [0.05, 0.1) is 29.5 Å². The minimum Gasteiger partial charge on any atom is -0.379 e. The van der Waals surface area contributed by atoms with Crippen molar-refractivity contribution in [3.8, 4) is 11.3 Å². The van der Waals surface area contributed by atoms with Crippen molar-refractivity contribution < 1.29 is 13.2 Å². The third kappa shape index (κ3) is 5.52. The summed E-state index contributed by atoms with van der Waals surface area (Å²) in [4.78, 5) is 10.5. The molecule has 1 fully saturated rings. The summed E-state index contributed by atoms with van der Waals surface area (Å²) in [5.41, 5.74) is 3.86. The summed E-state index contributed by atoms with van der Waals surface area (Å²) in [6.45, 7) is 2.29. The van der Waals surface area contributed by atoms with E-state index < -0.39 is 10.0 Å². The fraction of sp³-hybridized carbons (Fsp3) is 0.231. The van der Waals surface area contributed by atoms with Gasteiger partial charge in [-0.3, -0.25) is 4.98 Å². The molecule has 10 heteroatoms. The number of thiazole rings is 1. The Balaban J connectivity index is 1.48. The summed E-state index contributed by atoms with van der Waals surface area (Å²) in [6.07, 6.45) is 2.57. The fourth-order valence-electron chi connectivity index (χ4n) is 4.03. The number of sulfonamides is 1. The number of halogens is 1. The molecule has 1 aliphatic rings. The average molecular weight is 586 g/mol. The molecule has 1 aliphatic heterocycles. The van der Waals surface area contributed by atoms with Crippen LogP contribution in [0, 0.1) is 0 Å². The van der Waals surface area contributed by atoms with Gasteiger partial charge in [0, 0.05) is 53.4 Å². The first-order valence-electron chi connectivity index (χ1n) is 11.6. The van der Waals surface area contributed by atoms with Gasteiger partial charge in [-0.25, -0.2) is 13.4 Å². The van der Waals surface area contributed by atoms with Gasteiger partial charge in [0.25, 0.3) is 0 Å². The van der Waals surface area contributed by atoms with E-state index in [4.69, 9.17) is 9.73 Å². The molecular formula is C26H25BrN4O3S2. The number of aromatic nitrogens is 2. The Labute approximate surface area is 222 Å². The highest BCUT2D eigenvalue weighted by molar-refractivity contribution is 9.10. The van der Waals surface area contributed by atoms with Crippen molar-refractivity contribution in [2.75, 3.05) is 26.3 Å². The smallest absolute Gasteiger partial charge is 0.243 e. The van der Waals surface area contributed by atoms with Gasteiger partial charge in [0.2, 0.25) is 10.0 Å². The Bertz CT molecular complexity index is 1490. The first-order valence-corrected chi connectivity index (χ1v) is 14.7. The summed E-state index contributed by atoms with van der Waals surface area (Å²) in [5.74, 6) is 0. The molecule has 0 saturated carbocycles. The van der Waals surface area contributed by atoms with E-state index in [1.165, 1.54) is 4.31 Å². The molecule has 3 heterocycles. The second-order valence-corrected chi connectivity index (χ2v) is 11.9. The van der Waals surface area contributed by atoms with E-state index in [1.54, 1.807) is 41.8 Å². The van der Waals surface area contributed by atoms with Crippen LogP contribution >= 0.6 is 27.3 Å². The van der Waals surface area contributed by atoms with Crippen molar-refractivity contribution in [3.63, 3.8) is 0 Å². The second-order valence-electron chi connectivity index (χ2n) is 8.23. The average Bonchev–Trinajstić information content (AvgIpc) is 3.31. The van der Waals surface area contributed by atoms with Gasteiger partial charge in [-0.2, -0.15) is 4.31 Å². The summed E-state index contributed by atoms with van der Waals surface area (Å²) >= 11 is 5.24. The lowest BCUT2D eigenvalue weighted by Gasteiger charge is -2.26. The fourth-order valence-corrected chi connectivity index (χ4v) is 6.87. The molecule has 4 aromatic rings. The second kappa shape index (κ2) is 11.2. The Morgan fingerprint density at radius 2 is 1.75 bits per heavy atom. The van der Waals surface area contributed by atoms with Crippen LogP contribution in [0.25, 0.3) is 11.3 Å². The minimum absolute atomic E-state index is 0.270. The van der Waals surface area contributed by atoms with Crippen LogP contribution in [0.3, 0.4) is 0 Å². The first kappa shape index (κ1) is 25.0. The maximum Gasteiger partial charge on any atom is 0.243 e. The molecule has 1 saturated heterocycles. The number of benzene rings is 2. The molecule has 0 N–H and O–H groups in total. The van der Waals surface area contributed by atoms with E-state index in [2.05, 4.69) is 36.9 Å². The van der Waals surface area contributed by atoms with Crippen LogP contribution < -0.4 is 4.80 Å². The van der Waals surface area contributed by atoms with E-state index in [-0.39, 0.29) is 4.90 Å². The standard InChI is InChI=1S/C26H25BrN4O3S2/c27-24-7-2-1-6-23(24)25-19-35-26(31(25)14-12-20-5-3-4-13-28-20)29-21-8-10-22(11-9-21)36(32,33)30-15-17-34-18-16-30/h1-11,13,19H,12,14-18H2. The zero-order valence-electron chi connectivity index (χ0n) is 19.5. The predicted molar refractivity (Wildman–Crippen MR) is 145 cm³/mol. The highest BCUT2D eigenvalue weighted by Gasteiger charge is 2.26. The van der Waals surface area contributed by atoms with Crippen LogP contribution in [0.2, 0.25) is 0 Å². The van der Waals surface area contributed by atoms with Crippen LogP contribution in [-0.2, 0) is 27.7 Å². The first-order chi connectivity index (χ1) is 17.5. The van der Waals surface area contributed by atoms with Gasteiger partial charge in [0.1, 0.15) is 0 Å². The highest BCUT2D eigenvalue weighted by atomic mass is 79.9. The molecule has 0 unspecified atom stereocenters. The van der Waals surface area contributed by atoms with Crippen LogP contribution in [0.4, 0.5) is 5.69 Å². The highest BCUT2D eigenvalue weighted by Crippen LogP contribution is 2.29. The number of rotatable bonds is 7. The molecule has 5 rings (SSSR count). The molecule has 7 nitrogen and oxygen atoms in total. The summed E-state index contributed by atoms with van der Waals surface area (Å²) in [6, 6.07) is 20.8. The molecule has 2 aromatic heterocycles. The third-order valence-electron chi connectivity index (χ3n) is 5.93. The molecule has 0 atom stereocenters. The van der Waals surface area contributed by atoms with Crippen molar-refractivity contribution in [3.05, 3.63) is 93.3 Å². The van der Waals surface area contributed by atoms with Gasteiger partial charge in [0.15, 0.2) is 4.80 Å². The summed E-state index contributed by atoms with van der Waals surface area (Å²) in [7, 11) is -3.54. The van der Waals surface area contributed by atoms with Crippen molar-refractivity contribution in [1.29, 1.82) is 0 Å². The van der Waals surface area contributed by atoms with E-state index in [9.17, 15) is 8.42 Å². The van der Waals surface area contributed by atoms with Crippen LogP contribution in [0.5, 0.6) is 0 Å². The zero-order valence-corrected chi connectivity index (χ0v) is 22.7. The number of hydrogen-bond acceptors (Lipinski definition) is 6. The van der Waals surface area contributed by atoms with Crippen LogP contribution in [-0.4, -0.2) is 48.6 Å². The lowest BCUT2D eigenvalue weighted by Crippen LogP contribution is -2.40. The predicted octanol–water partition coefficient (Wildman–Crippen LogP) is 4.87. The molecule has 2 aromatic carbocycles. The van der Waals surface area contributed by atoms with E-state index in [0.29, 0.717) is 38.5 Å². The Morgan fingerprint density at radius 3 is 2.47 bits per heavy atom. The maximum absolute atomic E-state index is 13.0. The SMILES string of the molecule is O=S(=O)(c1ccc(N=c2scc(-c3ccccc3Br)n2CCc2ccccn2)cc1)N1CCOCC1. The van der Waals surface area contributed by atoms with Crippen molar-refractivity contribution in [2.24, 2.45) is 4.99 Å². The lowest BCUT2D eigenvalue weighted by atomic mass is 10.1. The molecular weight excluding hydrogens is 560 g/mol.